The Hall–Kier alpha value is -2.58. The van der Waals surface area contributed by atoms with Gasteiger partial charge in [0, 0.05) is 31.2 Å². The molecule has 1 aromatic carbocycles. The molecule has 1 aliphatic rings. The molecule has 1 atom stereocenters. The van der Waals surface area contributed by atoms with Crippen LogP contribution < -0.4 is 15.0 Å². The van der Waals surface area contributed by atoms with Crippen molar-refractivity contribution in [1.82, 2.24) is 14.8 Å². The van der Waals surface area contributed by atoms with Crippen molar-refractivity contribution >= 4 is 39.7 Å². The second-order valence-corrected chi connectivity index (χ2v) is 7.92. The van der Waals surface area contributed by atoms with Gasteiger partial charge in [-0.3, -0.25) is 9.36 Å². The quantitative estimate of drug-likeness (QED) is 0.682. The molecule has 0 bridgehead atoms. The van der Waals surface area contributed by atoms with Crippen molar-refractivity contribution in [1.29, 1.82) is 0 Å². The Morgan fingerprint density at radius 2 is 2.07 bits per heavy atom. The number of anilines is 2. The third-order valence-electron chi connectivity index (χ3n) is 4.71. The number of halogens is 1. The number of nitrogens with zero attached hydrogens (tertiary/aromatic N) is 4. The van der Waals surface area contributed by atoms with Crippen LogP contribution in [0.5, 0.6) is 5.75 Å². The van der Waals surface area contributed by atoms with E-state index in [1.807, 2.05) is 29.1 Å². The summed E-state index contributed by atoms with van der Waals surface area (Å²) in [4.78, 5) is 14.9. The van der Waals surface area contributed by atoms with Gasteiger partial charge in [-0.2, -0.15) is 0 Å². The van der Waals surface area contributed by atoms with Gasteiger partial charge in [0.15, 0.2) is 0 Å². The van der Waals surface area contributed by atoms with Gasteiger partial charge in [0.25, 0.3) is 0 Å². The van der Waals surface area contributed by atoms with Crippen molar-refractivity contribution in [2.45, 2.75) is 12.8 Å². The van der Waals surface area contributed by atoms with E-state index in [0.717, 1.165) is 29.6 Å². The number of amides is 1. The summed E-state index contributed by atoms with van der Waals surface area (Å²) >= 11 is 7.67. The molecule has 1 saturated heterocycles. The van der Waals surface area contributed by atoms with Crippen LogP contribution in [0.3, 0.4) is 0 Å². The second-order valence-electron chi connectivity index (χ2n) is 6.58. The van der Waals surface area contributed by atoms with Crippen LogP contribution in [-0.4, -0.2) is 40.9 Å². The van der Waals surface area contributed by atoms with Crippen LogP contribution in [0.4, 0.5) is 10.8 Å². The predicted octanol–water partition coefficient (Wildman–Crippen LogP) is 3.85. The molecule has 146 valence electrons. The lowest BCUT2D eigenvalue weighted by Crippen LogP contribution is -2.40. The van der Waals surface area contributed by atoms with Crippen molar-refractivity contribution in [3.63, 3.8) is 0 Å². The minimum Gasteiger partial charge on any atom is -0.495 e. The van der Waals surface area contributed by atoms with Gasteiger partial charge in [-0.15, -0.1) is 10.2 Å². The summed E-state index contributed by atoms with van der Waals surface area (Å²) in [5.41, 5.74) is 0.665. The molecule has 1 aliphatic heterocycles. The zero-order chi connectivity index (χ0) is 19.5. The molecule has 0 unspecified atom stereocenters. The Kier molecular flexibility index (Phi) is 5.50. The number of carbonyl (C=O) groups excluding carboxylic acids is 1. The fourth-order valence-electron chi connectivity index (χ4n) is 3.26. The van der Waals surface area contributed by atoms with Gasteiger partial charge in [0.2, 0.25) is 16.2 Å². The number of benzene rings is 1. The number of ether oxygens (including phenoxy) is 1. The van der Waals surface area contributed by atoms with Crippen molar-refractivity contribution in [3.8, 4) is 10.9 Å². The number of nitrogens with one attached hydrogen (secondary N) is 1. The van der Waals surface area contributed by atoms with Crippen LogP contribution in [0, 0.1) is 5.92 Å². The molecule has 4 rings (SSSR count). The van der Waals surface area contributed by atoms with E-state index < -0.39 is 0 Å². The minimum absolute atomic E-state index is 0.0129. The number of rotatable bonds is 5. The number of piperidine rings is 1. The Labute approximate surface area is 171 Å². The van der Waals surface area contributed by atoms with Gasteiger partial charge in [-0.25, -0.2) is 0 Å². The van der Waals surface area contributed by atoms with Gasteiger partial charge in [0.05, 0.1) is 18.1 Å². The smallest absolute Gasteiger partial charge is 0.229 e. The van der Waals surface area contributed by atoms with E-state index >= 15 is 0 Å². The number of hydrogen-bond acceptors (Lipinski definition) is 6. The first-order chi connectivity index (χ1) is 13.6. The molecule has 1 amide bonds. The van der Waals surface area contributed by atoms with Crippen molar-refractivity contribution < 1.29 is 9.53 Å². The topological polar surface area (TPSA) is 72.3 Å². The molecule has 9 heteroatoms. The van der Waals surface area contributed by atoms with Crippen LogP contribution >= 0.6 is 22.9 Å². The molecule has 1 fully saturated rings. The maximum absolute atomic E-state index is 12.8. The number of methoxy groups -OCH3 is 1. The highest BCUT2D eigenvalue weighted by molar-refractivity contribution is 7.17. The van der Waals surface area contributed by atoms with Crippen LogP contribution in [0.15, 0.2) is 42.7 Å². The largest absolute Gasteiger partial charge is 0.495 e. The monoisotopic (exact) mass is 417 g/mol. The number of hydrogen-bond donors (Lipinski definition) is 1. The summed E-state index contributed by atoms with van der Waals surface area (Å²) in [5, 5.41) is 13.7. The lowest BCUT2D eigenvalue weighted by atomic mass is 9.97. The molecule has 0 saturated carbocycles. The first-order valence-corrected chi connectivity index (χ1v) is 10.2. The number of aromatic nitrogens is 3. The molecule has 3 aromatic rings. The molecule has 2 aromatic heterocycles. The average molecular weight is 418 g/mol. The lowest BCUT2D eigenvalue weighted by Gasteiger charge is -2.31. The predicted molar refractivity (Wildman–Crippen MR) is 111 cm³/mol. The zero-order valence-corrected chi connectivity index (χ0v) is 16.9. The van der Waals surface area contributed by atoms with E-state index in [9.17, 15) is 4.79 Å². The highest BCUT2D eigenvalue weighted by atomic mass is 35.5. The Morgan fingerprint density at radius 1 is 1.29 bits per heavy atom. The van der Waals surface area contributed by atoms with Crippen LogP contribution in [-0.2, 0) is 4.79 Å². The van der Waals surface area contributed by atoms with Crippen LogP contribution in [0.25, 0.3) is 5.13 Å². The first-order valence-electron chi connectivity index (χ1n) is 9.00. The molecule has 7 nitrogen and oxygen atoms in total. The molecular formula is C19H20ClN5O2S. The SMILES string of the molecule is COc1ccc(NC(=O)[C@@H]2CCCN(c3nnc(-n4cccc4)s3)C2)cc1Cl. The fraction of sp³-hybridized carbons (Fsp3) is 0.316. The van der Waals surface area contributed by atoms with Gasteiger partial charge in [0.1, 0.15) is 5.75 Å². The van der Waals surface area contributed by atoms with E-state index in [1.165, 1.54) is 11.3 Å². The minimum atomic E-state index is -0.117. The summed E-state index contributed by atoms with van der Waals surface area (Å²) in [5.74, 6) is 0.452. The van der Waals surface area contributed by atoms with Gasteiger partial charge >= 0.3 is 0 Å². The van der Waals surface area contributed by atoms with Crippen molar-refractivity contribution in [2.75, 3.05) is 30.4 Å². The molecule has 1 N–H and O–H groups in total. The van der Waals surface area contributed by atoms with E-state index in [2.05, 4.69) is 20.4 Å². The molecular weight excluding hydrogens is 398 g/mol. The summed E-state index contributed by atoms with van der Waals surface area (Å²) < 4.78 is 7.08. The average Bonchev–Trinajstić information content (AvgIpc) is 3.40. The Morgan fingerprint density at radius 3 is 2.82 bits per heavy atom. The molecule has 28 heavy (non-hydrogen) atoms. The summed E-state index contributed by atoms with van der Waals surface area (Å²) in [6, 6.07) is 9.14. The molecule has 0 radical (unpaired) electrons. The van der Waals surface area contributed by atoms with Crippen LogP contribution in [0.2, 0.25) is 5.02 Å². The number of carbonyl (C=O) groups is 1. The van der Waals surface area contributed by atoms with E-state index in [0.29, 0.717) is 23.0 Å². The molecule has 0 spiro atoms. The molecule has 0 aliphatic carbocycles. The summed E-state index contributed by atoms with van der Waals surface area (Å²) in [6.45, 7) is 1.49. The Bertz CT molecular complexity index is 959. The van der Waals surface area contributed by atoms with E-state index in [1.54, 1.807) is 25.3 Å². The van der Waals surface area contributed by atoms with E-state index in [4.69, 9.17) is 16.3 Å². The normalized spacial score (nSPS) is 16.8. The highest BCUT2D eigenvalue weighted by Gasteiger charge is 2.28. The van der Waals surface area contributed by atoms with Gasteiger partial charge in [-0.1, -0.05) is 22.9 Å². The standard InChI is InChI=1S/C19H20ClN5O2S/c1-27-16-7-6-14(11-15(16)20)21-17(26)13-5-4-10-25(12-13)19-23-22-18(28-19)24-8-2-3-9-24/h2-3,6-9,11,13H,4-5,10,12H2,1H3,(H,21,26)/t13-/m1/s1. The lowest BCUT2D eigenvalue weighted by molar-refractivity contribution is -0.120. The second kappa shape index (κ2) is 8.20. The van der Waals surface area contributed by atoms with Crippen LogP contribution in [0.1, 0.15) is 12.8 Å². The first kappa shape index (κ1) is 18.8. The molecule has 3 heterocycles. The van der Waals surface area contributed by atoms with Gasteiger partial charge < -0.3 is 15.0 Å². The van der Waals surface area contributed by atoms with E-state index in [-0.39, 0.29) is 11.8 Å². The summed E-state index contributed by atoms with van der Waals surface area (Å²) in [6.07, 6.45) is 5.66. The highest BCUT2D eigenvalue weighted by Crippen LogP contribution is 2.30. The summed E-state index contributed by atoms with van der Waals surface area (Å²) in [7, 11) is 1.56. The van der Waals surface area contributed by atoms with Crippen molar-refractivity contribution in [2.24, 2.45) is 5.92 Å². The van der Waals surface area contributed by atoms with Crippen molar-refractivity contribution in [3.05, 3.63) is 47.7 Å². The third kappa shape index (κ3) is 3.98. The third-order valence-corrected chi connectivity index (χ3v) is 6.00. The maximum atomic E-state index is 12.8. The van der Waals surface area contributed by atoms with Gasteiger partial charge in [-0.05, 0) is 43.2 Å². The Balaban J connectivity index is 1.42. The maximum Gasteiger partial charge on any atom is 0.229 e. The fourth-order valence-corrected chi connectivity index (χ4v) is 4.36. The zero-order valence-electron chi connectivity index (χ0n) is 15.3.